The van der Waals surface area contributed by atoms with Gasteiger partial charge in [0.05, 0.1) is 39.9 Å². The molecule has 0 aromatic carbocycles. The van der Waals surface area contributed by atoms with Crippen LogP contribution < -0.4 is 5.32 Å². The first-order valence-electron chi connectivity index (χ1n) is 17.7. The number of phosphoric acid groups is 1. The number of likely N-dealkylation sites (N-methyl/N-ethyl adjacent to an activating group) is 1. The summed E-state index contributed by atoms with van der Waals surface area (Å²) in [5.74, 6) is -0.180. The Morgan fingerprint density at radius 1 is 0.761 bits per heavy atom. The van der Waals surface area contributed by atoms with E-state index in [-0.39, 0.29) is 19.1 Å². The van der Waals surface area contributed by atoms with E-state index < -0.39 is 20.0 Å². The Kier molecular flexibility index (Phi) is 28.2. The lowest BCUT2D eigenvalue weighted by Crippen LogP contribution is -2.46. The Bertz CT molecular complexity index is 939. The van der Waals surface area contributed by atoms with Gasteiger partial charge in [-0.2, -0.15) is 0 Å². The molecule has 0 spiro atoms. The third-order valence-corrected chi connectivity index (χ3v) is 8.26. The van der Waals surface area contributed by atoms with Gasteiger partial charge >= 0.3 is 7.82 Å². The molecule has 0 saturated heterocycles. The van der Waals surface area contributed by atoms with Gasteiger partial charge in [-0.3, -0.25) is 13.8 Å². The van der Waals surface area contributed by atoms with E-state index in [1.165, 1.54) is 0 Å². The van der Waals surface area contributed by atoms with E-state index in [1.807, 2.05) is 21.1 Å². The zero-order chi connectivity index (χ0) is 34.4. The van der Waals surface area contributed by atoms with Crippen molar-refractivity contribution in [1.29, 1.82) is 0 Å². The first kappa shape index (κ1) is 44.2. The Balaban J connectivity index is 4.18. The fourth-order valence-corrected chi connectivity index (χ4v) is 5.16. The molecule has 0 aliphatic carbocycles. The van der Waals surface area contributed by atoms with Crippen molar-refractivity contribution < 1.29 is 32.9 Å². The molecule has 9 heteroatoms. The maximum atomic E-state index is 12.6. The topological polar surface area (TPSA) is 105 Å². The molecule has 0 aromatic rings. The number of quaternary nitrogens is 1. The van der Waals surface area contributed by atoms with Gasteiger partial charge < -0.3 is 19.8 Å². The van der Waals surface area contributed by atoms with Gasteiger partial charge in [0.15, 0.2) is 0 Å². The highest BCUT2D eigenvalue weighted by molar-refractivity contribution is 7.47. The van der Waals surface area contributed by atoms with E-state index in [1.54, 1.807) is 0 Å². The van der Waals surface area contributed by atoms with Crippen molar-refractivity contribution in [2.45, 2.75) is 129 Å². The van der Waals surface area contributed by atoms with Gasteiger partial charge in [-0.15, -0.1) is 0 Å². The van der Waals surface area contributed by atoms with Crippen LogP contribution in [0.3, 0.4) is 0 Å². The predicted molar refractivity (Wildman–Crippen MR) is 193 cm³/mol. The second kappa shape index (κ2) is 29.3. The van der Waals surface area contributed by atoms with Gasteiger partial charge in [0.25, 0.3) is 0 Å². The minimum absolute atomic E-state index is 0.0652. The Hall–Kier alpha value is -1.80. The molecule has 0 saturated carbocycles. The van der Waals surface area contributed by atoms with Crippen molar-refractivity contribution in [3.63, 3.8) is 0 Å². The average molecular weight is 668 g/mol. The monoisotopic (exact) mass is 667 g/mol. The van der Waals surface area contributed by atoms with Crippen molar-refractivity contribution in [1.82, 2.24) is 5.32 Å². The van der Waals surface area contributed by atoms with Gasteiger partial charge in [0, 0.05) is 6.42 Å². The number of amides is 1. The van der Waals surface area contributed by atoms with Crippen LogP contribution in [0.1, 0.15) is 117 Å². The van der Waals surface area contributed by atoms with Gasteiger partial charge in [0.1, 0.15) is 13.2 Å². The summed E-state index contributed by atoms with van der Waals surface area (Å²) < 4.78 is 23.2. The lowest BCUT2D eigenvalue weighted by atomic mass is 10.0. The number of nitrogens with zero attached hydrogens (tertiary/aromatic N) is 1. The van der Waals surface area contributed by atoms with Crippen molar-refractivity contribution in [2.24, 2.45) is 0 Å². The Morgan fingerprint density at radius 3 is 1.87 bits per heavy atom. The molecule has 3 N–H and O–H groups in total. The predicted octanol–water partition coefficient (Wildman–Crippen LogP) is 8.73. The fraction of sp³-hybridized carbons (Fsp3) is 0.703. The molecule has 0 heterocycles. The fourth-order valence-electron chi connectivity index (χ4n) is 4.42. The number of rotatable bonds is 30. The molecule has 266 valence electrons. The van der Waals surface area contributed by atoms with Crippen LogP contribution in [0.2, 0.25) is 0 Å². The quantitative estimate of drug-likeness (QED) is 0.0306. The second-order valence-electron chi connectivity index (χ2n) is 12.9. The smallest absolute Gasteiger partial charge is 0.391 e. The molecular formula is C37H68N2O6P+. The van der Waals surface area contributed by atoms with E-state index in [0.29, 0.717) is 23.9 Å². The molecule has 46 heavy (non-hydrogen) atoms. The molecule has 0 radical (unpaired) electrons. The molecule has 8 nitrogen and oxygen atoms in total. The van der Waals surface area contributed by atoms with Crippen molar-refractivity contribution >= 4 is 13.7 Å². The Morgan fingerprint density at radius 2 is 1.30 bits per heavy atom. The highest BCUT2D eigenvalue weighted by atomic mass is 31.2. The van der Waals surface area contributed by atoms with Crippen LogP contribution >= 0.6 is 7.82 Å². The van der Waals surface area contributed by atoms with Gasteiger partial charge in [0.2, 0.25) is 5.91 Å². The van der Waals surface area contributed by atoms with Crippen LogP contribution in [0.5, 0.6) is 0 Å². The minimum atomic E-state index is -4.29. The molecule has 0 aliphatic heterocycles. The normalized spacial score (nSPS) is 15.5. The van der Waals surface area contributed by atoms with Crippen LogP contribution in [-0.2, 0) is 18.4 Å². The van der Waals surface area contributed by atoms with Crippen LogP contribution in [-0.4, -0.2) is 73.4 Å². The minimum Gasteiger partial charge on any atom is -0.391 e. The van der Waals surface area contributed by atoms with E-state index in [0.717, 1.165) is 89.9 Å². The van der Waals surface area contributed by atoms with E-state index >= 15 is 0 Å². The molecule has 3 unspecified atom stereocenters. The largest absolute Gasteiger partial charge is 0.472 e. The molecule has 3 atom stereocenters. The van der Waals surface area contributed by atoms with Crippen LogP contribution in [0, 0.1) is 0 Å². The summed E-state index contributed by atoms with van der Waals surface area (Å²) in [6, 6.07) is -0.768. The number of unbranched alkanes of at least 4 members (excludes halogenated alkanes) is 7. The number of aliphatic hydroxyl groups excluding tert-OH is 1. The van der Waals surface area contributed by atoms with Crippen molar-refractivity contribution in [3.8, 4) is 0 Å². The highest BCUT2D eigenvalue weighted by Crippen LogP contribution is 2.43. The zero-order valence-electron chi connectivity index (χ0n) is 29.8. The lowest BCUT2D eigenvalue weighted by molar-refractivity contribution is -0.870. The number of carbonyl (C=O) groups excluding carboxylic acids is 1. The van der Waals surface area contributed by atoms with E-state index in [2.05, 4.69) is 79.9 Å². The SMILES string of the molecule is CC/C=C\C/C=C\C/C=C\C/C=C\C/C=C\CCCCCCCC(=O)NC(COP(=O)(O)OCC[N+](C)(C)C)C(O)CCCCC. The molecular weight excluding hydrogens is 599 g/mol. The zero-order valence-corrected chi connectivity index (χ0v) is 30.7. The van der Waals surface area contributed by atoms with Crippen molar-refractivity contribution in [3.05, 3.63) is 60.8 Å². The number of carbonyl (C=O) groups is 1. The number of allylic oxidation sites excluding steroid dienone is 10. The second-order valence-corrected chi connectivity index (χ2v) is 14.3. The summed E-state index contributed by atoms with van der Waals surface area (Å²) in [4.78, 5) is 22.7. The molecule has 0 aromatic heterocycles. The molecule has 0 rings (SSSR count). The highest BCUT2D eigenvalue weighted by Gasteiger charge is 2.28. The third-order valence-electron chi connectivity index (χ3n) is 7.28. The third kappa shape index (κ3) is 30.8. The average Bonchev–Trinajstić information content (AvgIpc) is 2.99. The number of nitrogens with one attached hydrogen (secondary N) is 1. The summed E-state index contributed by atoms with van der Waals surface area (Å²) in [6.45, 7) is 4.55. The first-order chi connectivity index (χ1) is 22.0. The number of hydrogen-bond acceptors (Lipinski definition) is 5. The van der Waals surface area contributed by atoms with Gasteiger partial charge in [-0.1, -0.05) is 113 Å². The van der Waals surface area contributed by atoms with Crippen LogP contribution in [0.15, 0.2) is 60.8 Å². The summed E-state index contributed by atoms with van der Waals surface area (Å²) in [7, 11) is 1.58. The summed E-state index contributed by atoms with van der Waals surface area (Å²) in [6.07, 6.45) is 36.1. The maximum absolute atomic E-state index is 12.6. The first-order valence-corrected chi connectivity index (χ1v) is 19.1. The molecule has 0 fully saturated rings. The number of phosphoric ester groups is 1. The number of hydrogen-bond donors (Lipinski definition) is 3. The summed E-state index contributed by atoms with van der Waals surface area (Å²) in [5, 5.41) is 13.5. The summed E-state index contributed by atoms with van der Waals surface area (Å²) >= 11 is 0. The maximum Gasteiger partial charge on any atom is 0.472 e. The molecule has 0 aliphatic rings. The molecule has 0 bridgehead atoms. The number of aliphatic hydroxyl groups is 1. The van der Waals surface area contributed by atoms with Crippen LogP contribution in [0.25, 0.3) is 0 Å². The van der Waals surface area contributed by atoms with Crippen LogP contribution in [0.4, 0.5) is 0 Å². The standard InChI is InChI=1S/C37H67N2O6P/c1-6-8-10-11-12-13-14-15-16-17-18-19-20-21-22-23-24-25-26-27-29-31-37(41)38-35(36(40)30-28-9-7-2)34-45-46(42,43)44-33-32-39(3,4)5/h8,10,12-13,15-16,18-19,21-22,35-36,40H,6-7,9,11,14,17,20,23-34H2,1-5H3,(H-,38,41,42,43)/p+1/b10-8-,13-12-,16-15-,19-18-,22-21-. The summed E-state index contributed by atoms with van der Waals surface area (Å²) in [5.41, 5.74) is 0. The Labute approximate surface area is 281 Å². The molecule has 1 amide bonds. The van der Waals surface area contributed by atoms with E-state index in [9.17, 15) is 19.4 Å². The lowest BCUT2D eigenvalue weighted by Gasteiger charge is -2.26. The van der Waals surface area contributed by atoms with Gasteiger partial charge in [-0.25, -0.2) is 4.57 Å². The van der Waals surface area contributed by atoms with Crippen molar-refractivity contribution in [2.75, 3.05) is 40.9 Å². The van der Waals surface area contributed by atoms with E-state index in [4.69, 9.17) is 9.05 Å². The van der Waals surface area contributed by atoms with Gasteiger partial charge in [-0.05, 0) is 57.8 Å².